The van der Waals surface area contributed by atoms with Gasteiger partial charge < -0.3 is 14.7 Å². The quantitative estimate of drug-likeness (QED) is 0.331. The van der Waals surface area contributed by atoms with Crippen molar-refractivity contribution in [3.8, 4) is 0 Å². The van der Waals surface area contributed by atoms with Crippen LogP contribution in [-0.4, -0.2) is 30.3 Å². The summed E-state index contributed by atoms with van der Waals surface area (Å²) in [6.45, 7) is 9.83. The third-order valence-corrected chi connectivity index (χ3v) is 9.05. The van der Waals surface area contributed by atoms with Crippen molar-refractivity contribution in [2.45, 2.75) is 96.1 Å². The summed E-state index contributed by atoms with van der Waals surface area (Å²) in [4.78, 5) is 17.5. The molecule has 0 aromatic carbocycles. The molecule has 0 amide bonds. The van der Waals surface area contributed by atoms with Crippen molar-refractivity contribution in [3.05, 3.63) is 33.3 Å². The molecule has 2 aliphatic rings. The predicted molar refractivity (Wildman–Crippen MR) is 122 cm³/mol. The van der Waals surface area contributed by atoms with Gasteiger partial charge in [0.25, 0.3) is 0 Å². The molecule has 0 spiro atoms. The number of nitrogens with zero attached hydrogens (tertiary/aromatic N) is 1. The second-order valence-electron chi connectivity index (χ2n) is 9.36. The molecule has 2 saturated carbocycles. The minimum atomic E-state index is -0.254. The lowest BCUT2D eigenvalue weighted by Gasteiger charge is -2.45. The van der Waals surface area contributed by atoms with Gasteiger partial charge in [-0.05, 0) is 81.3 Å². The van der Waals surface area contributed by atoms with Crippen LogP contribution < -0.4 is 0 Å². The molecule has 4 nitrogen and oxygen atoms in total. The van der Waals surface area contributed by atoms with Crippen molar-refractivity contribution in [3.63, 3.8) is 0 Å². The summed E-state index contributed by atoms with van der Waals surface area (Å²) >= 11 is 1.53. The van der Waals surface area contributed by atoms with E-state index in [1.54, 1.807) is 0 Å². The zero-order chi connectivity index (χ0) is 21.6. The van der Waals surface area contributed by atoms with Crippen LogP contribution in [0.2, 0.25) is 0 Å². The molecule has 166 valence electrons. The standard InChI is InChI=1S/C25H37NO3S/c1-4-25(16-7-17-25)23(27)11-6-10-20-18(12-14-21(20)26-2)8-5-9-19-13-15-22(30-19)24(28)29-3/h13,15,18,20-21,23,27H,4-12,14,16-17H2,1,3H3/t18-,20+,21-,23?/m0/s1. The van der Waals surface area contributed by atoms with Crippen LogP contribution in [0, 0.1) is 23.8 Å². The number of hydrogen-bond acceptors (Lipinski definition) is 4. The third-order valence-electron chi connectivity index (χ3n) is 7.92. The largest absolute Gasteiger partial charge is 0.465 e. The van der Waals surface area contributed by atoms with Gasteiger partial charge in [0.15, 0.2) is 0 Å². The highest BCUT2D eigenvalue weighted by Gasteiger charge is 2.42. The zero-order valence-electron chi connectivity index (χ0n) is 18.6. The Morgan fingerprint density at radius 3 is 2.77 bits per heavy atom. The van der Waals surface area contributed by atoms with Crippen molar-refractivity contribution in [2.24, 2.45) is 17.3 Å². The molecule has 1 heterocycles. The fraction of sp³-hybridized carbons (Fsp3) is 0.760. The van der Waals surface area contributed by atoms with Crippen LogP contribution >= 0.6 is 11.3 Å². The lowest BCUT2D eigenvalue weighted by atomic mass is 9.62. The predicted octanol–water partition coefficient (Wildman–Crippen LogP) is 6.28. The Hall–Kier alpha value is -1.38. The van der Waals surface area contributed by atoms with Gasteiger partial charge in [-0.1, -0.05) is 19.8 Å². The molecule has 2 aliphatic carbocycles. The van der Waals surface area contributed by atoms with Gasteiger partial charge in [-0.25, -0.2) is 11.4 Å². The number of rotatable bonds is 11. The van der Waals surface area contributed by atoms with E-state index in [1.165, 1.54) is 42.6 Å². The van der Waals surface area contributed by atoms with Crippen LogP contribution in [0.15, 0.2) is 12.1 Å². The van der Waals surface area contributed by atoms with Crippen LogP contribution in [0.1, 0.15) is 92.1 Å². The normalized spacial score (nSPS) is 26.0. The average Bonchev–Trinajstić information content (AvgIpc) is 3.34. The first kappa shape index (κ1) is 23.3. The van der Waals surface area contributed by atoms with Crippen LogP contribution in [0.5, 0.6) is 0 Å². The average molecular weight is 432 g/mol. The Kier molecular flexibility index (Phi) is 8.36. The highest BCUT2D eigenvalue weighted by molar-refractivity contribution is 7.13. The zero-order valence-corrected chi connectivity index (χ0v) is 19.4. The maximum atomic E-state index is 11.6. The summed E-state index contributed by atoms with van der Waals surface area (Å²) in [5.74, 6) is 0.865. The molecule has 3 rings (SSSR count). The van der Waals surface area contributed by atoms with Crippen molar-refractivity contribution >= 4 is 17.3 Å². The third kappa shape index (κ3) is 5.26. The molecule has 5 heteroatoms. The maximum absolute atomic E-state index is 11.6. The molecular weight excluding hydrogens is 394 g/mol. The number of hydrogen-bond donors (Lipinski definition) is 1. The number of aryl methyl sites for hydroxylation is 1. The summed E-state index contributed by atoms with van der Waals surface area (Å²) in [6, 6.07) is 4.06. The Balaban J connectivity index is 1.45. The molecule has 0 radical (unpaired) electrons. The molecule has 1 aromatic rings. The Bertz CT molecular complexity index is 727. The molecule has 1 N–H and O–H groups in total. The second-order valence-corrected chi connectivity index (χ2v) is 10.5. The summed E-state index contributed by atoms with van der Waals surface area (Å²) in [5, 5.41) is 10.7. The highest BCUT2D eigenvalue weighted by atomic mass is 32.1. The van der Waals surface area contributed by atoms with E-state index in [2.05, 4.69) is 11.8 Å². The van der Waals surface area contributed by atoms with Gasteiger partial charge in [-0.15, -0.1) is 11.3 Å². The van der Waals surface area contributed by atoms with Crippen LogP contribution in [0.4, 0.5) is 0 Å². The van der Waals surface area contributed by atoms with E-state index in [9.17, 15) is 9.90 Å². The van der Waals surface area contributed by atoms with Crippen LogP contribution in [0.3, 0.4) is 0 Å². The fourth-order valence-corrected chi connectivity index (χ4v) is 6.71. The SMILES string of the molecule is [C-]#[N+][C@H]1CC[C@H](CCCc2ccc(C(=O)OC)s2)[C@H]1CCCC(O)C1(CC)CCC1. The smallest absolute Gasteiger partial charge is 0.348 e. The van der Waals surface area contributed by atoms with Crippen molar-refractivity contribution in [2.75, 3.05) is 7.11 Å². The number of carbonyl (C=O) groups excluding carboxylic acids is 1. The molecular formula is C25H37NO3S. The number of thiophene rings is 1. The highest BCUT2D eigenvalue weighted by Crippen LogP contribution is 2.48. The summed E-state index contributed by atoms with van der Waals surface area (Å²) in [6.07, 6.45) is 13.0. The molecule has 0 aliphatic heterocycles. The molecule has 1 unspecified atom stereocenters. The van der Waals surface area contributed by atoms with Gasteiger partial charge in [0.1, 0.15) is 4.88 Å². The molecule has 0 saturated heterocycles. The monoisotopic (exact) mass is 431 g/mol. The second kappa shape index (κ2) is 10.8. The lowest BCUT2D eigenvalue weighted by Crippen LogP contribution is -2.40. The molecule has 30 heavy (non-hydrogen) atoms. The summed E-state index contributed by atoms with van der Waals surface area (Å²) < 4.78 is 4.79. The van der Waals surface area contributed by atoms with E-state index in [-0.39, 0.29) is 23.5 Å². The number of methoxy groups -OCH3 is 1. The summed E-state index contributed by atoms with van der Waals surface area (Å²) in [5.41, 5.74) is 0.192. The minimum absolute atomic E-state index is 0.162. The topological polar surface area (TPSA) is 50.9 Å². The fourth-order valence-electron chi connectivity index (χ4n) is 5.74. The Labute approximate surface area is 185 Å². The maximum Gasteiger partial charge on any atom is 0.348 e. The van der Waals surface area contributed by atoms with E-state index < -0.39 is 0 Å². The number of ether oxygens (including phenoxy) is 1. The van der Waals surface area contributed by atoms with Gasteiger partial charge in [-0.3, -0.25) is 0 Å². The summed E-state index contributed by atoms with van der Waals surface area (Å²) in [7, 11) is 1.42. The first-order chi connectivity index (χ1) is 14.5. The molecule has 2 fully saturated rings. The lowest BCUT2D eigenvalue weighted by molar-refractivity contribution is -0.0437. The number of esters is 1. The molecule has 0 bridgehead atoms. The number of aliphatic hydroxyl groups excluding tert-OH is 1. The van der Waals surface area contributed by atoms with Crippen molar-refractivity contribution in [1.29, 1.82) is 0 Å². The van der Waals surface area contributed by atoms with E-state index in [0.717, 1.165) is 57.8 Å². The van der Waals surface area contributed by atoms with Crippen LogP contribution in [0.25, 0.3) is 4.85 Å². The van der Waals surface area contributed by atoms with E-state index in [1.807, 2.05) is 12.1 Å². The van der Waals surface area contributed by atoms with Crippen molar-refractivity contribution < 1.29 is 14.6 Å². The van der Waals surface area contributed by atoms with Gasteiger partial charge >= 0.3 is 5.97 Å². The molecule has 1 aromatic heterocycles. The van der Waals surface area contributed by atoms with Gasteiger partial charge in [0, 0.05) is 17.2 Å². The van der Waals surface area contributed by atoms with Gasteiger partial charge in [0.2, 0.25) is 6.04 Å². The Morgan fingerprint density at radius 2 is 2.13 bits per heavy atom. The molecule has 4 atom stereocenters. The van der Waals surface area contributed by atoms with E-state index in [4.69, 9.17) is 11.3 Å². The van der Waals surface area contributed by atoms with Gasteiger partial charge in [0.05, 0.1) is 13.2 Å². The van der Waals surface area contributed by atoms with E-state index >= 15 is 0 Å². The van der Waals surface area contributed by atoms with E-state index in [0.29, 0.717) is 16.7 Å². The number of carbonyl (C=O) groups is 1. The number of aliphatic hydroxyl groups is 1. The Morgan fingerprint density at radius 1 is 1.33 bits per heavy atom. The first-order valence-electron chi connectivity index (χ1n) is 11.7. The van der Waals surface area contributed by atoms with Crippen molar-refractivity contribution in [1.82, 2.24) is 0 Å². The van der Waals surface area contributed by atoms with Gasteiger partial charge in [-0.2, -0.15) is 0 Å². The van der Waals surface area contributed by atoms with Crippen LogP contribution in [-0.2, 0) is 11.2 Å². The minimum Gasteiger partial charge on any atom is -0.465 e. The first-order valence-corrected chi connectivity index (χ1v) is 12.6.